The fraction of sp³-hybridized carbons (Fsp3) is 0.579. The second-order valence-electron chi connectivity index (χ2n) is 7.72. The van der Waals surface area contributed by atoms with Crippen molar-refractivity contribution < 1.29 is 14.3 Å². The molecule has 1 aromatic carbocycles. The molecule has 0 spiro atoms. The first-order valence-electron chi connectivity index (χ1n) is 8.67. The summed E-state index contributed by atoms with van der Waals surface area (Å²) in [6.07, 6.45) is 1.03. The fourth-order valence-corrected chi connectivity index (χ4v) is 3.04. The number of benzene rings is 1. The van der Waals surface area contributed by atoms with Crippen molar-refractivity contribution in [2.45, 2.75) is 52.2 Å². The minimum atomic E-state index is -0.570. The number of anilines is 2. The van der Waals surface area contributed by atoms with Gasteiger partial charge in [-0.3, -0.25) is 9.69 Å². The third-order valence-corrected chi connectivity index (χ3v) is 4.13. The van der Waals surface area contributed by atoms with Gasteiger partial charge in [-0.05, 0) is 64.3 Å². The smallest absolute Gasteiger partial charge is 0.410 e. The number of amides is 2. The van der Waals surface area contributed by atoms with Crippen LogP contribution in [0.15, 0.2) is 18.2 Å². The Bertz CT molecular complexity index is 650. The molecule has 0 unspecified atom stereocenters. The minimum Gasteiger partial charge on any atom is -0.444 e. The molecule has 1 aromatic rings. The molecule has 1 N–H and O–H groups in total. The summed E-state index contributed by atoms with van der Waals surface area (Å²) in [7, 11) is 3.97. The number of nitrogens with one attached hydrogen (secondary N) is 1. The van der Waals surface area contributed by atoms with Gasteiger partial charge in [-0.2, -0.15) is 0 Å². The summed E-state index contributed by atoms with van der Waals surface area (Å²) in [5.74, 6) is -0.166. The zero-order valence-corrected chi connectivity index (χ0v) is 16.0. The van der Waals surface area contributed by atoms with Crippen LogP contribution in [0.25, 0.3) is 0 Å². The highest BCUT2D eigenvalue weighted by Crippen LogP contribution is 2.25. The Hall–Kier alpha value is -2.24. The summed E-state index contributed by atoms with van der Waals surface area (Å²) in [5.41, 5.74) is 2.36. The number of ether oxygens (including phenoxy) is 1. The summed E-state index contributed by atoms with van der Waals surface area (Å²) in [5, 5.41) is 2.93. The van der Waals surface area contributed by atoms with E-state index in [0.717, 1.165) is 23.4 Å². The summed E-state index contributed by atoms with van der Waals surface area (Å²) in [4.78, 5) is 28.5. The first-order chi connectivity index (χ1) is 11.6. The number of aryl methyl sites for hydroxylation is 1. The predicted molar refractivity (Wildman–Crippen MR) is 100 cm³/mol. The molecule has 1 atom stereocenters. The Morgan fingerprint density at radius 3 is 2.52 bits per heavy atom. The van der Waals surface area contributed by atoms with E-state index in [1.165, 1.54) is 4.90 Å². The van der Waals surface area contributed by atoms with Crippen molar-refractivity contribution in [1.82, 2.24) is 4.90 Å². The van der Waals surface area contributed by atoms with Crippen molar-refractivity contribution in [3.63, 3.8) is 0 Å². The molecule has 25 heavy (non-hydrogen) atoms. The lowest BCUT2D eigenvalue weighted by Crippen LogP contribution is -2.45. The first kappa shape index (κ1) is 19.1. The van der Waals surface area contributed by atoms with Gasteiger partial charge >= 0.3 is 6.09 Å². The summed E-state index contributed by atoms with van der Waals surface area (Å²) in [6, 6.07) is 5.32. The Labute approximate surface area is 150 Å². The van der Waals surface area contributed by atoms with Crippen LogP contribution >= 0.6 is 0 Å². The Morgan fingerprint density at radius 2 is 1.96 bits per heavy atom. The van der Waals surface area contributed by atoms with Gasteiger partial charge in [0.25, 0.3) is 0 Å². The molecule has 2 amide bonds. The maximum Gasteiger partial charge on any atom is 0.410 e. The van der Waals surface area contributed by atoms with E-state index in [9.17, 15) is 9.59 Å². The molecule has 0 aromatic heterocycles. The lowest BCUT2D eigenvalue weighted by atomic mass is 10.1. The van der Waals surface area contributed by atoms with Crippen LogP contribution in [0.4, 0.5) is 16.2 Å². The van der Waals surface area contributed by atoms with Gasteiger partial charge < -0.3 is 15.0 Å². The zero-order chi connectivity index (χ0) is 18.8. The van der Waals surface area contributed by atoms with Gasteiger partial charge in [0.15, 0.2) is 0 Å². The maximum atomic E-state index is 12.7. The number of hydrogen-bond donors (Lipinski definition) is 1. The SMILES string of the molecule is Cc1cc(NC(=O)[C@@H]2CCCN2C(=O)OC(C)(C)C)ccc1N(C)C. The number of carbonyl (C=O) groups is 2. The van der Waals surface area contributed by atoms with E-state index in [-0.39, 0.29) is 5.91 Å². The molecule has 1 fully saturated rings. The lowest BCUT2D eigenvalue weighted by molar-refractivity contribution is -0.120. The molecule has 0 bridgehead atoms. The Kier molecular flexibility index (Phi) is 5.60. The Morgan fingerprint density at radius 1 is 1.28 bits per heavy atom. The summed E-state index contributed by atoms with van der Waals surface area (Å²) in [6.45, 7) is 8.03. The minimum absolute atomic E-state index is 0.166. The molecule has 0 aliphatic carbocycles. The molecule has 1 saturated heterocycles. The summed E-state index contributed by atoms with van der Waals surface area (Å²) < 4.78 is 5.41. The van der Waals surface area contributed by atoms with E-state index < -0.39 is 17.7 Å². The van der Waals surface area contributed by atoms with Gasteiger partial charge in [0.05, 0.1) is 0 Å². The van der Waals surface area contributed by atoms with E-state index in [2.05, 4.69) is 5.32 Å². The second-order valence-corrected chi connectivity index (χ2v) is 7.72. The number of likely N-dealkylation sites (tertiary alicyclic amines) is 1. The largest absolute Gasteiger partial charge is 0.444 e. The normalized spacial score (nSPS) is 17.4. The summed E-state index contributed by atoms with van der Waals surface area (Å²) >= 11 is 0. The van der Waals surface area contributed by atoms with Crippen LogP contribution in [0.2, 0.25) is 0 Å². The molecule has 2 rings (SSSR count). The van der Waals surface area contributed by atoms with Gasteiger partial charge in [0.2, 0.25) is 5.91 Å². The fourth-order valence-electron chi connectivity index (χ4n) is 3.04. The van der Waals surface area contributed by atoms with Crippen molar-refractivity contribution in [1.29, 1.82) is 0 Å². The predicted octanol–water partition coefficient (Wildman–Crippen LogP) is 3.40. The van der Waals surface area contributed by atoms with Crippen LogP contribution in [0.3, 0.4) is 0 Å². The highest BCUT2D eigenvalue weighted by atomic mass is 16.6. The molecule has 1 aliphatic heterocycles. The van der Waals surface area contributed by atoms with E-state index in [0.29, 0.717) is 13.0 Å². The third kappa shape index (κ3) is 4.87. The van der Waals surface area contributed by atoms with Crippen LogP contribution < -0.4 is 10.2 Å². The number of hydrogen-bond acceptors (Lipinski definition) is 4. The lowest BCUT2D eigenvalue weighted by Gasteiger charge is -2.28. The maximum absolute atomic E-state index is 12.7. The van der Waals surface area contributed by atoms with E-state index in [1.54, 1.807) is 0 Å². The van der Waals surface area contributed by atoms with E-state index in [4.69, 9.17) is 4.74 Å². The highest BCUT2D eigenvalue weighted by molar-refractivity contribution is 5.97. The van der Waals surface area contributed by atoms with Crippen molar-refractivity contribution in [2.24, 2.45) is 0 Å². The average Bonchev–Trinajstić information content (AvgIpc) is 2.94. The zero-order valence-electron chi connectivity index (χ0n) is 16.0. The van der Waals surface area contributed by atoms with Crippen LogP contribution in [0.5, 0.6) is 0 Å². The van der Waals surface area contributed by atoms with Crippen LogP contribution in [-0.2, 0) is 9.53 Å². The average molecular weight is 347 g/mol. The molecule has 1 heterocycles. The molecule has 0 radical (unpaired) electrons. The Balaban J connectivity index is 2.07. The van der Waals surface area contributed by atoms with Crippen molar-refractivity contribution >= 4 is 23.4 Å². The molecule has 6 nitrogen and oxygen atoms in total. The molecular weight excluding hydrogens is 318 g/mol. The van der Waals surface area contributed by atoms with Crippen LogP contribution in [0, 0.1) is 6.92 Å². The molecule has 138 valence electrons. The standard InChI is InChI=1S/C19H29N3O3/c1-13-12-14(9-10-15(13)21(5)6)20-17(23)16-8-7-11-22(16)18(24)25-19(2,3)4/h9-10,12,16H,7-8,11H2,1-6H3,(H,20,23)/t16-/m0/s1. The van der Waals surface area contributed by atoms with Gasteiger partial charge in [0, 0.05) is 32.0 Å². The molecule has 0 saturated carbocycles. The van der Waals surface area contributed by atoms with Crippen molar-refractivity contribution in [3.05, 3.63) is 23.8 Å². The highest BCUT2D eigenvalue weighted by Gasteiger charge is 2.36. The number of nitrogens with zero attached hydrogens (tertiary/aromatic N) is 2. The van der Waals surface area contributed by atoms with Gasteiger partial charge in [-0.25, -0.2) is 4.79 Å². The molecular formula is C19H29N3O3. The van der Waals surface area contributed by atoms with E-state index >= 15 is 0 Å². The molecule has 1 aliphatic rings. The van der Waals surface area contributed by atoms with Crippen LogP contribution in [0.1, 0.15) is 39.2 Å². The van der Waals surface area contributed by atoms with Crippen LogP contribution in [-0.4, -0.2) is 49.2 Å². The number of carbonyl (C=O) groups excluding carboxylic acids is 2. The monoisotopic (exact) mass is 347 g/mol. The first-order valence-corrected chi connectivity index (χ1v) is 8.67. The van der Waals surface area contributed by atoms with Gasteiger partial charge in [0.1, 0.15) is 11.6 Å². The van der Waals surface area contributed by atoms with Crippen molar-refractivity contribution in [3.8, 4) is 0 Å². The third-order valence-electron chi connectivity index (χ3n) is 4.13. The molecule has 6 heteroatoms. The van der Waals surface area contributed by atoms with Crippen molar-refractivity contribution in [2.75, 3.05) is 30.9 Å². The number of rotatable bonds is 3. The van der Waals surface area contributed by atoms with E-state index in [1.807, 2.05) is 64.9 Å². The van der Waals surface area contributed by atoms with Gasteiger partial charge in [-0.1, -0.05) is 0 Å². The second kappa shape index (κ2) is 7.33. The van der Waals surface area contributed by atoms with Gasteiger partial charge in [-0.15, -0.1) is 0 Å². The topological polar surface area (TPSA) is 61.9 Å². The quantitative estimate of drug-likeness (QED) is 0.910.